The fourth-order valence-corrected chi connectivity index (χ4v) is 3.94. The Bertz CT molecular complexity index is 1050. The fourth-order valence-electron chi connectivity index (χ4n) is 3.73. The maximum absolute atomic E-state index is 13.1. The smallest absolute Gasteiger partial charge is 0.253 e. The van der Waals surface area contributed by atoms with Crippen molar-refractivity contribution in [3.05, 3.63) is 64.7 Å². The first-order chi connectivity index (χ1) is 15.3. The summed E-state index contributed by atoms with van der Waals surface area (Å²) in [6, 6.07) is 15.4. The summed E-state index contributed by atoms with van der Waals surface area (Å²) in [5.74, 6) is 0.0564. The van der Waals surface area contributed by atoms with Crippen molar-refractivity contribution in [2.75, 3.05) is 18.4 Å². The van der Waals surface area contributed by atoms with E-state index >= 15 is 0 Å². The van der Waals surface area contributed by atoms with E-state index in [1.54, 1.807) is 19.9 Å². The third kappa shape index (κ3) is 5.71. The van der Waals surface area contributed by atoms with Crippen molar-refractivity contribution in [3.63, 3.8) is 0 Å². The number of anilines is 1. The van der Waals surface area contributed by atoms with E-state index in [4.69, 9.17) is 17.5 Å². The molecule has 0 aromatic heterocycles. The molecule has 0 atom stereocenters. The van der Waals surface area contributed by atoms with Gasteiger partial charge in [-0.05, 0) is 73.3 Å². The minimum absolute atomic E-state index is 0.0107. The molecule has 2 amide bonds. The molecule has 2 N–H and O–H groups in total. The number of hydrogen-bond acceptors (Lipinski definition) is 4. The summed E-state index contributed by atoms with van der Waals surface area (Å²) in [4.78, 5) is 26.8. The summed E-state index contributed by atoms with van der Waals surface area (Å²) in [5.41, 5.74) is 4.11. The molecule has 1 heterocycles. The molecule has 32 heavy (non-hydrogen) atoms. The highest BCUT2D eigenvalue weighted by molar-refractivity contribution is 7.80. The predicted octanol–water partition coefficient (Wildman–Crippen LogP) is 4.36. The molecule has 1 saturated heterocycles. The van der Waals surface area contributed by atoms with Gasteiger partial charge in [0.05, 0.1) is 11.6 Å². The first kappa shape index (κ1) is 23.4. The van der Waals surface area contributed by atoms with Gasteiger partial charge in [-0.15, -0.1) is 0 Å². The van der Waals surface area contributed by atoms with Gasteiger partial charge in [-0.1, -0.05) is 32.0 Å². The van der Waals surface area contributed by atoms with Crippen molar-refractivity contribution in [1.29, 1.82) is 5.26 Å². The lowest BCUT2D eigenvalue weighted by Crippen LogP contribution is -2.38. The van der Waals surface area contributed by atoms with E-state index < -0.39 is 0 Å². The zero-order chi connectivity index (χ0) is 23.3. The molecule has 1 aliphatic heterocycles. The predicted molar refractivity (Wildman–Crippen MR) is 129 cm³/mol. The molecule has 0 radical (unpaired) electrons. The summed E-state index contributed by atoms with van der Waals surface area (Å²) in [6.45, 7) is 6.89. The molecular formula is C25H28N4O2S. The third-order valence-corrected chi connectivity index (χ3v) is 5.99. The number of carbonyl (C=O) groups is 2. The minimum Gasteiger partial charge on any atom is -0.339 e. The molecule has 166 valence electrons. The number of nitrogens with one attached hydrogen (secondary N) is 2. The number of likely N-dealkylation sites (tertiary alicyclic amines) is 1. The number of aryl methyl sites for hydroxylation is 1. The number of piperidine rings is 1. The van der Waals surface area contributed by atoms with Gasteiger partial charge in [0, 0.05) is 30.3 Å². The Balaban J connectivity index is 1.63. The average molecular weight is 449 g/mol. The van der Waals surface area contributed by atoms with Gasteiger partial charge in [-0.2, -0.15) is 5.26 Å². The van der Waals surface area contributed by atoms with E-state index in [1.807, 2.05) is 48.2 Å². The van der Waals surface area contributed by atoms with Crippen LogP contribution in [0.5, 0.6) is 0 Å². The van der Waals surface area contributed by atoms with Crippen LogP contribution in [0.4, 0.5) is 5.69 Å². The highest BCUT2D eigenvalue weighted by atomic mass is 32.1. The Labute approximate surface area is 194 Å². The topological polar surface area (TPSA) is 85.2 Å². The number of nitrogens with zero attached hydrogens (tertiary/aromatic N) is 2. The van der Waals surface area contributed by atoms with Crippen molar-refractivity contribution in [3.8, 4) is 6.07 Å². The molecule has 0 aliphatic carbocycles. The zero-order valence-corrected chi connectivity index (χ0v) is 19.5. The van der Waals surface area contributed by atoms with Crippen LogP contribution in [-0.2, 0) is 4.79 Å². The number of nitriles is 1. The Hall–Kier alpha value is -3.24. The summed E-state index contributed by atoms with van der Waals surface area (Å²) >= 11 is 5.24. The molecule has 2 aromatic rings. The van der Waals surface area contributed by atoms with Crippen LogP contribution in [-0.4, -0.2) is 34.9 Å². The Kier molecular flexibility index (Phi) is 7.60. The maximum atomic E-state index is 13.1. The highest BCUT2D eigenvalue weighted by Gasteiger charge is 2.25. The molecule has 7 heteroatoms. The molecule has 0 bridgehead atoms. The molecule has 0 saturated carbocycles. The van der Waals surface area contributed by atoms with Crippen LogP contribution in [0, 0.1) is 24.2 Å². The van der Waals surface area contributed by atoms with E-state index in [2.05, 4.69) is 16.7 Å². The van der Waals surface area contributed by atoms with E-state index in [0.29, 0.717) is 35.8 Å². The Morgan fingerprint density at radius 3 is 2.38 bits per heavy atom. The maximum Gasteiger partial charge on any atom is 0.253 e. The van der Waals surface area contributed by atoms with Crippen molar-refractivity contribution < 1.29 is 9.59 Å². The first-order valence-electron chi connectivity index (χ1n) is 10.8. The number of amides is 2. The van der Waals surface area contributed by atoms with Gasteiger partial charge in [0.2, 0.25) is 5.91 Å². The second-order valence-electron chi connectivity index (χ2n) is 8.43. The van der Waals surface area contributed by atoms with E-state index in [1.165, 1.54) is 5.56 Å². The summed E-state index contributed by atoms with van der Waals surface area (Å²) in [7, 11) is 0. The van der Waals surface area contributed by atoms with Crippen molar-refractivity contribution in [2.24, 2.45) is 5.92 Å². The summed E-state index contributed by atoms with van der Waals surface area (Å²) < 4.78 is 0. The first-order valence-corrected chi connectivity index (χ1v) is 11.2. The van der Waals surface area contributed by atoms with E-state index in [-0.39, 0.29) is 22.8 Å². The van der Waals surface area contributed by atoms with Gasteiger partial charge >= 0.3 is 0 Å². The molecule has 0 unspecified atom stereocenters. The van der Waals surface area contributed by atoms with Gasteiger partial charge in [-0.25, -0.2) is 0 Å². The number of hydrogen-bond donors (Lipinski definition) is 2. The average Bonchev–Trinajstić information content (AvgIpc) is 2.80. The van der Waals surface area contributed by atoms with Crippen LogP contribution >= 0.6 is 12.2 Å². The molecule has 3 rings (SSSR count). The number of benzene rings is 2. The lowest BCUT2D eigenvalue weighted by atomic mass is 9.89. The van der Waals surface area contributed by atoms with Gasteiger partial charge < -0.3 is 15.5 Å². The molecular weight excluding hydrogens is 420 g/mol. The molecule has 1 aliphatic rings. The summed E-state index contributed by atoms with van der Waals surface area (Å²) in [6.07, 6.45) is 1.78. The van der Waals surface area contributed by atoms with Crippen molar-refractivity contribution in [2.45, 2.75) is 39.5 Å². The number of thiocarbonyl (C=S) groups is 1. The molecule has 1 fully saturated rings. The quantitative estimate of drug-likeness (QED) is 0.679. The van der Waals surface area contributed by atoms with Gasteiger partial charge in [0.25, 0.3) is 5.91 Å². The van der Waals surface area contributed by atoms with Crippen LogP contribution in [0.1, 0.15) is 59.7 Å². The zero-order valence-electron chi connectivity index (χ0n) is 18.6. The lowest BCUT2D eigenvalue weighted by Gasteiger charge is -2.32. The van der Waals surface area contributed by atoms with Crippen LogP contribution < -0.4 is 10.6 Å². The largest absolute Gasteiger partial charge is 0.339 e. The number of rotatable bonds is 4. The van der Waals surface area contributed by atoms with Gasteiger partial charge in [-0.3, -0.25) is 9.59 Å². The van der Waals surface area contributed by atoms with Crippen LogP contribution in [0.15, 0.2) is 42.5 Å². The van der Waals surface area contributed by atoms with E-state index in [9.17, 15) is 9.59 Å². The van der Waals surface area contributed by atoms with Gasteiger partial charge in [0.1, 0.15) is 0 Å². The summed E-state index contributed by atoms with van der Waals surface area (Å²) in [5, 5.41) is 14.9. The Morgan fingerprint density at radius 2 is 1.78 bits per heavy atom. The third-order valence-electron chi connectivity index (χ3n) is 5.79. The van der Waals surface area contributed by atoms with Crippen LogP contribution in [0.2, 0.25) is 0 Å². The van der Waals surface area contributed by atoms with Crippen LogP contribution in [0.3, 0.4) is 0 Å². The second-order valence-corrected chi connectivity index (χ2v) is 8.84. The van der Waals surface area contributed by atoms with Crippen LogP contribution in [0.25, 0.3) is 0 Å². The van der Waals surface area contributed by atoms with Gasteiger partial charge in [0.15, 0.2) is 5.11 Å². The van der Waals surface area contributed by atoms with Crippen molar-refractivity contribution >= 4 is 34.8 Å². The lowest BCUT2D eigenvalue weighted by molar-refractivity contribution is -0.122. The van der Waals surface area contributed by atoms with Crippen molar-refractivity contribution in [1.82, 2.24) is 10.2 Å². The number of carbonyl (C=O) groups excluding carboxylic acids is 2. The van der Waals surface area contributed by atoms with E-state index in [0.717, 1.165) is 18.4 Å². The fraction of sp³-hybridized carbons (Fsp3) is 0.360. The molecule has 0 spiro atoms. The monoisotopic (exact) mass is 448 g/mol. The SMILES string of the molecule is Cc1ccc(C(=O)N2CCC(c3ccc(C#N)cc3)CC2)cc1NC(=S)NC(=O)C(C)C. The molecule has 6 nitrogen and oxygen atoms in total. The normalized spacial score (nSPS) is 14.0. The second kappa shape index (κ2) is 10.4. The highest BCUT2D eigenvalue weighted by Crippen LogP contribution is 2.29. The standard InChI is InChI=1S/C25H28N4O2S/c1-16(2)23(30)28-25(32)27-22-14-21(7-4-17(22)3)24(31)29-12-10-20(11-13-29)19-8-5-18(15-26)6-9-19/h4-9,14,16,20H,10-13H2,1-3H3,(H2,27,28,30,32). The Morgan fingerprint density at radius 1 is 1.12 bits per heavy atom. The minimum atomic E-state index is -0.170. The molecule has 2 aromatic carbocycles.